The molecule has 1 aromatic heterocycles. The van der Waals surface area contributed by atoms with Crippen molar-refractivity contribution in [2.45, 2.75) is 32.4 Å². The van der Waals surface area contributed by atoms with Crippen LogP contribution in [0.3, 0.4) is 0 Å². The summed E-state index contributed by atoms with van der Waals surface area (Å²) < 4.78 is 16.3. The van der Waals surface area contributed by atoms with E-state index in [9.17, 15) is 0 Å². The summed E-state index contributed by atoms with van der Waals surface area (Å²) in [4.78, 5) is 7.00. The van der Waals surface area contributed by atoms with Gasteiger partial charge in [-0.05, 0) is 55.6 Å². The fourth-order valence-corrected chi connectivity index (χ4v) is 3.81. The van der Waals surface area contributed by atoms with Gasteiger partial charge in [0.1, 0.15) is 11.5 Å². The highest BCUT2D eigenvalue weighted by molar-refractivity contribution is 5.58. The van der Waals surface area contributed by atoms with Crippen LogP contribution in [0.5, 0.6) is 11.5 Å². The van der Waals surface area contributed by atoms with E-state index >= 15 is 0 Å². The Morgan fingerprint density at radius 3 is 2.86 bits per heavy atom. The summed E-state index contributed by atoms with van der Waals surface area (Å²) in [6, 6.07) is 14.6. The fraction of sp³-hybridized carbons (Fsp3) is 0.364. The van der Waals surface area contributed by atoms with E-state index in [1.54, 1.807) is 14.2 Å². The Hall–Kier alpha value is -2.86. The SMILES string of the molecule is COc1cccc(C2CCCN2Cc2nc(-c3ccc(C)c(OC)c3)no2)c1. The van der Waals surface area contributed by atoms with Crippen molar-refractivity contribution >= 4 is 0 Å². The van der Waals surface area contributed by atoms with Gasteiger partial charge in [-0.1, -0.05) is 29.4 Å². The monoisotopic (exact) mass is 379 g/mol. The van der Waals surface area contributed by atoms with Crippen LogP contribution in [0.1, 0.15) is 35.9 Å². The number of nitrogens with zero attached hydrogens (tertiary/aromatic N) is 3. The van der Waals surface area contributed by atoms with Crippen LogP contribution in [0.2, 0.25) is 0 Å². The van der Waals surface area contributed by atoms with Gasteiger partial charge in [0.2, 0.25) is 11.7 Å². The minimum atomic E-state index is 0.338. The number of likely N-dealkylation sites (tertiary alicyclic amines) is 1. The molecule has 1 unspecified atom stereocenters. The second-order valence-corrected chi connectivity index (χ2v) is 7.10. The topological polar surface area (TPSA) is 60.6 Å². The minimum Gasteiger partial charge on any atom is -0.497 e. The Kier molecular flexibility index (Phi) is 5.30. The zero-order valence-electron chi connectivity index (χ0n) is 16.5. The van der Waals surface area contributed by atoms with Crippen molar-refractivity contribution in [3.05, 3.63) is 59.5 Å². The van der Waals surface area contributed by atoms with Gasteiger partial charge in [0, 0.05) is 11.6 Å². The lowest BCUT2D eigenvalue weighted by Crippen LogP contribution is -2.23. The third-order valence-corrected chi connectivity index (χ3v) is 5.31. The smallest absolute Gasteiger partial charge is 0.241 e. The summed E-state index contributed by atoms with van der Waals surface area (Å²) in [7, 11) is 3.37. The molecule has 0 N–H and O–H groups in total. The fourth-order valence-electron chi connectivity index (χ4n) is 3.81. The summed E-state index contributed by atoms with van der Waals surface area (Å²) >= 11 is 0. The third kappa shape index (κ3) is 3.73. The summed E-state index contributed by atoms with van der Waals surface area (Å²) in [5.74, 6) is 2.92. The molecule has 0 saturated carbocycles. The standard InChI is InChI=1S/C22H25N3O3/c1-15-9-10-17(13-20(15)27-3)22-23-21(28-24-22)14-25-11-5-8-19(25)16-6-4-7-18(12-16)26-2/h4,6-7,9-10,12-13,19H,5,8,11,14H2,1-3H3. The molecular weight excluding hydrogens is 354 g/mol. The van der Waals surface area contributed by atoms with Crippen LogP contribution in [-0.4, -0.2) is 35.8 Å². The molecule has 0 spiro atoms. The van der Waals surface area contributed by atoms with Crippen molar-refractivity contribution in [3.8, 4) is 22.9 Å². The first-order valence-corrected chi connectivity index (χ1v) is 9.53. The largest absolute Gasteiger partial charge is 0.497 e. The van der Waals surface area contributed by atoms with Gasteiger partial charge in [-0.3, -0.25) is 4.90 Å². The van der Waals surface area contributed by atoms with Gasteiger partial charge in [0.05, 0.1) is 20.8 Å². The molecule has 1 aliphatic rings. The number of rotatable bonds is 6. The van der Waals surface area contributed by atoms with Crippen LogP contribution in [0, 0.1) is 6.92 Å². The Balaban J connectivity index is 1.51. The number of aryl methyl sites for hydroxylation is 1. The van der Waals surface area contributed by atoms with E-state index in [4.69, 9.17) is 14.0 Å². The van der Waals surface area contributed by atoms with E-state index in [1.807, 2.05) is 37.3 Å². The molecule has 1 fully saturated rings. The van der Waals surface area contributed by atoms with Gasteiger partial charge in [-0.15, -0.1) is 0 Å². The molecule has 1 aliphatic heterocycles. The predicted molar refractivity (Wildman–Crippen MR) is 106 cm³/mol. The quantitative estimate of drug-likeness (QED) is 0.633. The van der Waals surface area contributed by atoms with Crippen molar-refractivity contribution in [3.63, 3.8) is 0 Å². The molecule has 6 nitrogen and oxygen atoms in total. The molecule has 1 saturated heterocycles. The maximum Gasteiger partial charge on any atom is 0.241 e. The highest BCUT2D eigenvalue weighted by atomic mass is 16.5. The zero-order valence-corrected chi connectivity index (χ0v) is 16.5. The number of methoxy groups -OCH3 is 2. The van der Waals surface area contributed by atoms with Crippen LogP contribution in [-0.2, 0) is 6.54 Å². The predicted octanol–water partition coefficient (Wildman–Crippen LogP) is 4.40. The molecule has 28 heavy (non-hydrogen) atoms. The molecule has 0 aliphatic carbocycles. The molecule has 2 heterocycles. The first-order chi connectivity index (χ1) is 13.7. The molecular formula is C22H25N3O3. The number of aromatic nitrogens is 2. The molecule has 4 rings (SSSR count). The van der Waals surface area contributed by atoms with Crippen LogP contribution in [0.25, 0.3) is 11.4 Å². The van der Waals surface area contributed by atoms with Crippen LogP contribution >= 0.6 is 0 Å². The molecule has 2 aromatic carbocycles. The molecule has 0 amide bonds. The molecule has 146 valence electrons. The van der Waals surface area contributed by atoms with Crippen molar-refractivity contribution in [2.75, 3.05) is 20.8 Å². The van der Waals surface area contributed by atoms with Gasteiger partial charge >= 0.3 is 0 Å². The van der Waals surface area contributed by atoms with E-state index in [0.717, 1.165) is 42.0 Å². The number of benzene rings is 2. The summed E-state index contributed by atoms with van der Waals surface area (Å²) in [6.07, 6.45) is 2.27. The maximum atomic E-state index is 5.55. The lowest BCUT2D eigenvalue weighted by molar-refractivity contribution is 0.212. The maximum absolute atomic E-state index is 5.55. The second kappa shape index (κ2) is 8.02. The highest BCUT2D eigenvalue weighted by Gasteiger charge is 2.28. The first-order valence-electron chi connectivity index (χ1n) is 9.53. The van der Waals surface area contributed by atoms with Gasteiger partial charge in [0.25, 0.3) is 0 Å². The first kappa shape index (κ1) is 18.5. The van der Waals surface area contributed by atoms with Gasteiger partial charge < -0.3 is 14.0 Å². The summed E-state index contributed by atoms with van der Waals surface area (Å²) in [5, 5.41) is 4.17. The number of hydrogen-bond acceptors (Lipinski definition) is 6. The molecule has 0 radical (unpaired) electrons. The molecule has 3 aromatic rings. The Morgan fingerprint density at radius 1 is 1.14 bits per heavy atom. The van der Waals surface area contributed by atoms with E-state index in [0.29, 0.717) is 24.3 Å². The minimum absolute atomic E-state index is 0.338. The summed E-state index contributed by atoms with van der Waals surface area (Å²) in [6.45, 7) is 3.66. The highest BCUT2D eigenvalue weighted by Crippen LogP contribution is 2.34. The van der Waals surface area contributed by atoms with Crippen LogP contribution < -0.4 is 9.47 Å². The normalized spacial score (nSPS) is 17.0. The van der Waals surface area contributed by atoms with Gasteiger partial charge in [-0.25, -0.2) is 0 Å². The van der Waals surface area contributed by atoms with Crippen LogP contribution in [0.15, 0.2) is 47.0 Å². The summed E-state index contributed by atoms with van der Waals surface area (Å²) in [5.41, 5.74) is 3.23. The number of ether oxygens (including phenoxy) is 2. The Labute approximate surface area is 165 Å². The molecule has 1 atom stereocenters. The van der Waals surface area contributed by atoms with Crippen LogP contribution in [0.4, 0.5) is 0 Å². The van der Waals surface area contributed by atoms with Crippen molar-refractivity contribution < 1.29 is 14.0 Å². The Bertz CT molecular complexity index is 954. The lowest BCUT2D eigenvalue weighted by atomic mass is 10.0. The third-order valence-electron chi connectivity index (χ3n) is 5.31. The van der Waals surface area contributed by atoms with Crippen molar-refractivity contribution in [2.24, 2.45) is 0 Å². The van der Waals surface area contributed by atoms with E-state index < -0.39 is 0 Å². The zero-order chi connectivity index (χ0) is 19.5. The van der Waals surface area contributed by atoms with Gasteiger partial charge in [0.15, 0.2) is 0 Å². The Morgan fingerprint density at radius 2 is 2.04 bits per heavy atom. The lowest BCUT2D eigenvalue weighted by Gasteiger charge is -2.23. The van der Waals surface area contributed by atoms with Crippen molar-refractivity contribution in [1.29, 1.82) is 0 Å². The van der Waals surface area contributed by atoms with E-state index in [1.165, 1.54) is 5.56 Å². The second-order valence-electron chi connectivity index (χ2n) is 7.10. The van der Waals surface area contributed by atoms with E-state index in [2.05, 4.69) is 27.2 Å². The average Bonchev–Trinajstić information content (AvgIpc) is 3.38. The molecule has 6 heteroatoms. The number of hydrogen-bond donors (Lipinski definition) is 0. The average molecular weight is 379 g/mol. The molecule has 0 bridgehead atoms. The van der Waals surface area contributed by atoms with E-state index in [-0.39, 0.29) is 0 Å². The van der Waals surface area contributed by atoms with Gasteiger partial charge in [-0.2, -0.15) is 4.98 Å². The van der Waals surface area contributed by atoms with Crippen molar-refractivity contribution in [1.82, 2.24) is 15.0 Å².